The SMILES string of the molecule is Cc1cc(C(C(=O)N2C[C@H](O)C[C@H]2C(=O)NCc2ccc(-c3scnc3C)cc2OI)C(C)C)on1. The Hall–Kier alpha value is -2.51. The van der Waals surface area contributed by atoms with E-state index in [1.165, 1.54) is 4.90 Å². The van der Waals surface area contributed by atoms with Crippen molar-refractivity contribution in [2.75, 3.05) is 6.54 Å². The third-order valence-electron chi connectivity index (χ3n) is 6.36. The Labute approximate surface area is 227 Å². The molecule has 192 valence electrons. The van der Waals surface area contributed by atoms with E-state index in [2.05, 4.69) is 15.5 Å². The van der Waals surface area contributed by atoms with Crippen LogP contribution in [0.5, 0.6) is 5.75 Å². The fourth-order valence-electron chi connectivity index (χ4n) is 4.54. The number of hydrogen-bond donors (Lipinski definition) is 2. The van der Waals surface area contributed by atoms with Crippen LogP contribution in [-0.4, -0.2) is 50.7 Å². The number of β-amino-alcohol motifs (C(OH)–C–C–N with tert-alkyl or cyclic N) is 1. The van der Waals surface area contributed by atoms with E-state index in [1.807, 2.05) is 62.0 Å². The van der Waals surface area contributed by atoms with Gasteiger partial charge in [-0.25, -0.2) is 4.98 Å². The highest BCUT2D eigenvalue weighted by atomic mass is 127. The Morgan fingerprint density at radius 2 is 2.11 bits per heavy atom. The lowest BCUT2D eigenvalue weighted by Gasteiger charge is -2.28. The van der Waals surface area contributed by atoms with Gasteiger partial charge in [-0.15, -0.1) is 11.3 Å². The molecule has 1 aromatic carbocycles. The number of likely N-dealkylation sites (tertiary alicyclic amines) is 1. The number of rotatable bonds is 8. The third-order valence-corrected chi connectivity index (χ3v) is 7.81. The molecule has 11 heteroatoms. The van der Waals surface area contributed by atoms with Gasteiger partial charge in [0.25, 0.3) is 0 Å². The zero-order valence-corrected chi connectivity index (χ0v) is 23.5. The third kappa shape index (κ3) is 5.57. The molecule has 0 bridgehead atoms. The molecule has 36 heavy (non-hydrogen) atoms. The van der Waals surface area contributed by atoms with E-state index in [4.69, 9.17) is 7.59 Å². The minimum absolute atomic E-state index is 0.0737. The molecule has 1 saturated heterocycles. The molecule has 0 radical (unpaired) electrons. The van der Waals surface area contributed by atoms with Gasteiger partial charge in [-0.05, 0) is 31.4 Å². The predicted octanol–water partition coefficient (Wildman–Crippen LogP) is 4.16. The monoisotopic (exact) mass is 624 g/mol. The minimum Gasteiger partial charge on any atom is -0.427 e. The second-order valence-corrected chi connectivity index (χ2v) is 10.7. The molecule has 2 aromatic heterocycles. The molecule has 1 aliphatic heterocycles. The number of aliphatic hydroxyl groups is 1. The van der Waals surface area contributed by atoms with Crippen LogP contribution in [-0.2, 0) is 16.1 Å². The molecule has 2 N–H and O–H groups in total. The van der Waals surface area contributed by atoms with Crippen molar-refractivity contribution in [2.24, 2.45) is 5.92 Å². The Morgan fingerprint density at radius 3 is 2.72 bits per heavy atom. The fourth-order valence-corrected chi connectivity index (χ4v) is 5.76. The first-order chi connectivity index (χ1) is 17.2. The van der Waals surface area contributed by atoms with Crippen molar-refractivity contribution in [3.8, 4) is 16.2 Å². The summed E-state index contributed by atoms with van der Waals surface area (Å²) in [7, 11) is 0. The van der Waals surface area contributed by atoms with Crippen LogP contribution in [0.2, 0.25) is 0 Å². The van der Waals surface area contributed by atoms with Crippen LogP contribution >= 0.6 is 34.3 Å². The number of aryl methyl sites for hydroxylation is 2. The molecule has 1 fully saturated rings. The van der Waals surface area contributed by atoms with Crippen LogP contribution in [0.15, 0.2) is 34.3 Å². The number of halogens is 1. The second-order valence-electron chi connectivity index (χ2n) is 9.37. The van der Waals surface area contributed by atoms with Crippen molar-refractivity contribution in [2.45, 2.75) is 58.7 Å². The first-order valence-electron chi connectivity index (χ1n) is 11.7. The molecular formula is C25H29IN4O5S. The lowest BCUT2D eigenvalue weighted by Crippen LogP contribution is -2.48. The highest BCUT2D eigenvalue weighted by molar-refractivity contribution is 14.1. The number of aliphatic hydroxyl groups excluding tert-OH is 1. The number of nitrogens with one attached hydrogen (secondary N) is 1. The van der Waals surface area contributed by atoms with Gasteiger partial charge in [0.05, 0.1) is 27.9 Å². The lowest BCUT2D eigenvalue weighted by molar-refractivity contribution is -0.141. The topological polar surface area (TPSA) is 118 Å². The van der Waals surface area contributed by atoms with E-state index in [0.29, 0.717) is 17.2 Å². The van der Waals surface area contributed by atoms with Crippen LogP contribution in [0.25, 0.3) is 10.4 Å². The molecule has 3 heterocycles. The van der Waals surface area contributed by atoms with Gasteiger partial charge in [0.2, 0.25) is 11.8 Å². The van der Waals surface area contributed by atoms with Crippen LogP contribution in [0, 0.1) is 19.8 Å². The van der Waals surface area contributed by atoms with Crippen LogP contribution < -0.4 is 8.38 Å². The van der Waals surface area contributed by atoms with Gasteiger partial charge in [-0.2, -0.15) is 0 Å². The van der Waals surface area contributed by atoms with Crippen LogP contribution in [0.1, 0.15) is 48.9 Å². The molecule has 4 rings (SSSR count). The molecule has 1 aliphatic rings. The summed E-state index contributed by atoms with van der Waals surface area (Å²) in [4.78, 5) is 33.6. The molecule has 2 amide bonds. The van der Waals surface area contributed by atoms with E-state index in [9.17, 15) is 14.7 Å². The van der Waals surface area contributed by atoms with Crippen molar-refractivity contribution in [3.05, 3.63) is 52.5 Å². The maximum atomic E-state index is 13.5. The highest BCUT2D eigenvalue weighted by Crippen LogP contribution is 2.33. The number of carbonyl (C=O) groups excluding carboxylic acids is 2. The van der Waals surface area contributed by atoms with Gasteiger partial charge in [0, 0.05) is 31.1 Å². The molecule has 3 atom stereocenters. The standard InChI is InChI=1S/C25H29IN4O5S/c1-13(2)22(21-7-14(3)29-35-21)25(33)30-11-18(31)9-19(30)24(32)27-10-17-6-5-16(8-20(17)34-26)23-15(4)28-12-36-23/h5-8,12-13,18-19,22,31H,9-11H2,1-4H3,(H,27,32)/t18-,19+,22?/m1/s1. The van der Waals surface area contributed by atoms with E-state index in [0.717, 1.165) is 21.7 Å². The van der Waals surface area contributed by atoms with Crippen LogP contribution in [0.3, 0.4) is 0 Å². The zero-order chi connectivity index (χ0) is 26.0. The number of aromatic nitrogens is 2. The molecule has 0 saturated carbocycles. The quantitative estimate of drug-likeness (QED) is 0.362. The summed E-state index contributed by atoms with van der Waals surface area (Å²) in [5.74, 6) is -0.130. The average Bonchev–Trinajstić information content (AvgIpc) is 3.57. The maximum absolute atomic E-state index is 13.5. The van der Waals surface area contributed by atoms with Crippen LogP contribution in [0.4, 0.5) is 0 Å². The van der Waals surface area contributed by atoms with Gasteiger partial charge in [0.1, 0.15) is 23.5 Å². The summed E-state index contributed by atoms with van der Waals surface area (Å²) in [5.41, 5.74) is 5.24. The van der Waals surface area contributed by atoms with E-state index < -0.39 is 18.1 Å². The van der Waals surface area contributed by atoms with E-state index in [1.54, 1.807) is 29.8 Å². The van der Waals surface area contributed by atoms with Crippen molar-refractivity contribution in [1.82, 2.24) is 20.4 Å². The fraction of sp³-hybridized carbons (Fsp3) is 0.440. The number of hydrogen-bond acceptors (Lipinski definition) is 8. The Bertz CT molecular complexity index is 1240. The van der Waals surface area contributed by atoms with Gasteiger partial charge in [0.15, 0.2) is 23.0 Å². The van der Waals surface area contributed by atoms with Gasteiger partial charge in [-0.1, -0.05) is 31.1 Å². The molecular weight excluding hydrogens is 595 g/mol. The largest absolute Gasteiger partial charge is 0.427 e. The number of nitrogens with zero attached hydrogens (tertiary/aromatic N) is 3. The highest BCUT2D eigenvalue weighted by Gasteiger charge is 2.43. The Kier molecular flexibility index (Phi) is 8.30. The van der Waals surface area contributed by atoms with Gasteiger partial charge in [-0.3, -0.25) is 9.59 Å². The number of benzene rings is 1. The van der Waals surface area contributed by atoms with Gasteiger partial charge < -0.3 is 22.9 Å². The number of thiazole rings is 1. The zero-order valence-electron chi connectivity index (χ0n) is 20.5. The lowest BCUT2D eigenvalue weighted by atomic mass is 9.91. The molecule has 1 unspecified atom stereocenters. The average molecular weight is 625 g/mol. The normalized spacial score (nSPS) is 18.5. The van der Waals surface area contributed by atoms with Crippen molar-refractivity contribution < 1.29 is 22.3 Å². The van der Waals surface area contributed by atoms with E-state index in [-0.39, 0.29) is 37.2 Å². The van der Waals surface area contributed by atoms with Crippen molar-refractivity contribution in [1.29, 1.82) is 0 Å². The first kappa shape index (κ1) is 26.6. The van der Waals surface area contributed by atoms with Gasteiger partial charge >= 0.3 is 0 Å². The summed E-state index contributed by atoms with van der Waals surface area (Å²) in [6, 6.07) is 6.78. The first-order valence-corrected chi connectivity index (χ1v) is 13.5. The second kappa shape index (κ2) is 11.3. The minimum atomic E-state index is -0.777. The summed E-state index contributed by atoms with van der Waals surface area (Å²) in [5, 5.41) is 17.2. The maximum Gasteiger partial charge on any atom is 0.243 e. The van der Waals surface area contributed by atoms with E-state index >= 15 is 0 Å². The molecule has 0 spiro atoms. The predicted molar refractivity (Wildman–Crippen MR) is 144 cm³/mol. The summed E-state index contributed by atoms with van der Waals surface area (Å²) < 4.78 is 10.9. The van der Waals surface area contributed by atoms with Crippen molar-refractivity contribution in [3.63, 3.8) is 0 Å². The molecule has 0 aliphatic carbocycles. The molecule has 3 aromatic rings. The number of carbonyl (C=O) groups is 2. The number of amides is 2. The smallest absolute Gasteiger partial charge is 0.243 e. The summed E-state index contributed by atoms with van der Waals surface area (Å²) in [6.45, 7) is 7.92. The summed E-state index contributed by atoms with van der Waals surface area (Å²) in [6.07, 6.45) is -0.596. The molecule has 9 nitrogen and oxygen atoms in total. The summed E-state index contributed by atoms with van der Waals surface area (Å²) >= 11 is 3.39. The van der Waals surface area contributed by atoms with Crippen molar-refractivity contribution >= 4 is 46.2 Å². The Morgan fingerprint density at radius 1 is 1.33 bits per heavy atom. The Balaban J connectivity index is 1.48.